The van der Waals surface area contributed by atoms with Crippen molar-refractivity contribution in [1.29, 1.82) is 0 Å². The van der Waals surface area contributed by atoms with Gasteiger partial charge in [0.15, 0.2) is 6.29 Å². The van der Waals surface area contributed by atoms with Crippen LogP contribution < -0.4 is 5.32 Å². The molecule has 0 aromatic rings. The first-order valence-electron chi connectivity index (χ1n) is 5.43. The number of carbonyl (C=O) groups excluding carboxylic acids is 2. The van der Waals surface area contributed by atoms with Crippen molar-refractivity contribution in [2.75, 3.05) is 6.54 Å². The molecule has 1 amide bonds. The summed E-state index contributed by atoms with van der Waals surface area (Å²) in [6.45, 7) is 2.92. The van der Waals surface area contributed by atoms with Gasteiger partial charge in [0.2, 0.25) is 5.91 Å². The molecule has 14 heavy (non-hydrogen) atoms. The average molecular weight is 198 g/mol. The van der Waals surface area contributed by atoms with Crippen molar-refractivity contribution < 1.29 is 9.59 Å². The third-order valence-corrected chi connectivity index (χ3v) is 2.04. The summed E-state index contributed by atoms with van der Waals surface area (Å²) in [6, 6.07) is 0. The third kappa shape index (κ3) is 9.23. The lowest BCUT2D eigenvalue weighted by atomic mass is 10.2. The normalized spacial score (nSPS) is 9.79. The number of carbonyl (C=O) groups is 1. The quantitative estimate of drug-likeness (QED) is 0.576. The molecule has 0 saturated carbocycles. The van der Waals surface area contributed by atoms with Gasteiger partial charge in [0.05, 0.1) is 0 Å². The molecule has 0 unspecified atom stereocenters. The molecule has 0 aliphatic rings. The van der Waals surface area contributed by atoms with Crippen molar-refractivity contribution in [3.63, 3.8) is 0 Å². The Kier molecular flexibility index (Phi) is 9.59. The topological polar surface area (TPSA) is 46.2 Å². The molecule has 0 aliphatic heterocycles. The fourth-order valence-corrected chi connectivity index (χ4v) is 1.17. The van der Waals surface area contributed by atoms with E-state index in [1.165, 1.54) is 12.8 Å². The Morgan fingerprint density at radius 1 is 1.21 bits per heavy atom. The van der Waals surface area contributed by atoms with Crippen LogP contribution in [0.5, 0.6) is 0 Å². The number of rotatable bonds is 9. The zero-order chi connectivity index (χ0) is 10.6. The van der Waals surface area contributed by atoms with Crippen LogP contribution in [0, 0.1) is 0 Å². The fourth-order valence-electron chi connectivity index (χ4n) is 1.17. The summed E-state index contributed by atoms with van der Waals surface area (Å²) in [6.07, 6.45) is 7.76. The Bertz CT molecular complexity index is 157. The van der Waals surface area contributed by atoms with Gasteiger partial charge in [0.1, 0.15) is 0 Å². The molecule has 0 atom stereocenters. The Hall–Kier alpha value is -0.860. The molecule has 0 aromatic heterocycles. The van der Waals surface area contributed by atoms with Crippen LogP contribution in [0.25, 0.3) is 0 Å². The monoisotopic (exact) mass is 198 g/mol. The van der Waals surface area contributed by atoms with E-state index in [0.717, 1.165) is 25.8 Å². The van der Waals surface area contributed by atoms with Gasteiger partial charge in [-0.1, -0.05) is 19.8 Å². The average Bonchev–Trinajstić information content (AvgIpc) is 2.19. The first kappa shape index (κ1) is 13.1. The maximum atomic E-state index is 11.2. The molecule has 1 N–H and O–H groups in total. The highest BCUT2D eigenvalue weighted by atomic mass is 16.1. The standard InChI is InChI=1S/C11H20NO2/c1-2-3-6-9-12-11(14)8-5-4-7-10-13/h2-9H2,1H3,(H,12,14). The predicted octanol–water partition coefficient (Wildman–Crippen LogP) is 1.96. The van der Waals surface area contributed by atoms with Crippen LogP contribution in [-0.2, 0) is 9.59 Å². The van der Waals surface area contributed by atoms with Gasteiger partial charge >= 0.3 is 0 Å². The van der Waals surface area contributed by atoms with Crippen molar-refractivity contribution in [1.82, 2.24) is 5.32 Å². The van der Waals surface area contributed by atoms with Gasteiger partial charge in [-0.25, -0.2) is 0 Å². The fraction of sp³-hybridized carbons (Fsp3) is 0.818. The van der Waals surface area contributed by atoms with Gasteiger partial charge in [0, 0.05) is 19.4 Å². The van der Waals surface area contributed by atoms with Gasteiger partial charge in [0.25, 0.3) is 0 Å². The lowest BCUT2D eigenvalue weighted by Crippen LogP contribution is -2.23. The smallest absolute Gasteiger partial charge is 0.219 e. The Morgan fingerprint density at radius 2 is 2.00 bits per heavy atom. The van der Waals surface area contributed by atoms with Gasteiger partial charge < -0.3 is 5.32 Å². The highest BCUT2D eigenvalue weighted by Crippen LogP contribution is 1.98. The lowest BCUT2D eigenvalue weighted by Gasteiger charge is -2.03. The Balaban J connectivity index is 3.15. The molecule has 0 bridgehead atoms. The van der Waals surface area contributed by atoms with Gasteiger partial charge in [-0.3, -0.25) is 9.59 Å². The van der Waals surface area contributed by atoms with Crippen LogP contribution in [0.3, 0.4) is 0 Å². The van der Waals surface area contributed by atoms with E-state index in [0.29, 0.717) is 12.8 Å². The number of hydrogen-bond donors (Lipinski definition) is 1. The molecule has 0 spiro atoms. The maximum absolute atomic E-state index is 11.2. The number of nitrogens with one attached hydrogen (secondary N) is 1. The molecule has 0 aliphatic carbocycles. The highest BCUT2D eigenvalue weighted by Gasteiger charge is 1.99. The van der Waals surface area contributed by atoms with Crippen molar-refractivity contribution in [2.45, 2.75) is 51.9 Å². The van der Waals surface area contributed by atoms with Crippen molar-refractivity contribution in [3.05, 3.63) is 0 Å². The second-order valence-electron chi connectivity index (χ2n) is 3.41. The van der Waals surface area contributed by atoms with Crippen LogP contribution in [0.2, 0.25) is 0 Å². The summed E-state index contributed by atoms with van der Waals surface area (Å²) in [7, 11) is 0. The van der Waals surface area contributed by atoms with E-state index in [1.54, 1.807) is 0 Å². The lowest BCUT2D eigenvalue weighted by molar-refractivity contribution is -0.121. The third-order valence-electron chi connectivity index (χ3n) is 2.04. The molecule has 0 rings (SSSR count). The first-order chi connectivity index (χ1) is 6.81. The second kappa shape index (κ2) is 10.2. The van der Waals surface area contributed by atoms with E-state index < -0.39 is 0 Å². The van der Waals surface area contributed by atoms with Crippen LogP contribution >= 0.6 is 0 Å². The summed E-state index contributed by atoms with van der Waals surface area (Å²) >= 11 is 0. The number of hydrogen-bond acceptors (Lipinski definition) is 2. The van der Waals surface area contributed by atoms with E-state index in [-0.39, 0.29) is 5.91 Å². The summed E-state index contributed by atoms with van der Waals surface area (Å²) in [5.74, 6) is 0.104. The maximum Gasteiger partial charge on any atom is 0.219 e. The predicted molar refractivity (Wildman–Crippen MR) is 56.7 cm³/mol. The minimum absolute atomic E-state index is 0.104. The Morgan fingerprint density at radius 3 is 2.64 bits per heavy atom. The van der Waals surface area contributed by atoms with Crippen molar-refractivity contribution in [3.8, 4) is 0 Å². The van der Waals surface area contributed by atoms with Crippen molar-refractivity contribution >= 4 is 12.2 Å². The zero-order valence-corrected chi connectivity index (χ0v) is 8.97. The van der Waals surface area contributed by atoms with Gasteiger partial charge in [-0.2, -0.15) is 0 Å². The minimum atomic E-state index is 0.104. The molecule has 3 heteroatoms. The van der Waals surface area contributed by atoms with Gasteiger partial charge in [-0.15, -0.1) is 0 Å². The molecule has 1 radical (unpaired) electrons. The van der Waals surface area contributed by atoms with Crippen LogP contribution in [0.1, 0.15) is 51.9 Å². The summed E-state index contributed by atoms with van der Waals surface area (Å²) < 4.78 is 0. The van der Waals surface area contributed by atoms with Crippen molar-refractivity contribution in [2.24, 2.45) is 0 Å². The molecule has 0 fully saturated rings. The molecule has 0 heterocycles. The largest absolute Gasteiger partial charge is 0.356 e. The minimum Gasteiger partial charge on any atom is -0.356 e. The molecule has 0 saturated heterocycles. The molecule has 81 valence electrons. The second-order valence-corrected chi connectivity index (χ2v) is 3.41. The van der Waals surface area contributed by atoms with E-state index in [2.05, 4.69) is 12.2 Å². The van der Waals surface area contributed by atoms with Crippen LogP contribution in [0.4, 0.5) is 0 Å². The van der Waals surface area contributed by atoms with E-state index >= 15 is 0 Å². The molecular weight excluding hydrogens is 178 g/mol. The summed E-state index contributed by atoms with van der Waals surface area (Å²) in [5, 5.41) is 2.86. The molecule has 0 aromatic carbocycles. The van der Waals surface area contributed by atoms with E-state index in [4.69, 9.17) is 0 Å². The zero-order valence-electron chi connectivity index (χ0n) is 8.97. The first-order valence-corrected chi connectivity index (χ1v) is 5.43. The number of unbranched alkanes of at least 4 members (excludes halogenated alkanes) is 4. The summed E-state index contributed by atoms with van der Waals surface area (Å²) in [4.78, 5) is 21.0. The summed E-state index contributed by atoms with van der Waals surface area (Å²) in [5.41, 5.74) is 0. The van der Waals surface area contributed by atoms with Crippen LogP contribution in [0.15, 0.2) is 0 Å². The molecular formula is C11H20NO2. The SMILES string of the molecule is CCCCCNC(=O)CCCC[C]=O. The molecule has 3 nitrogen and oxygen atoms in total. The van der Waals surface area contributed by atoms with E-state index in [9.17, 15) is 9.59 Å². The van der Waals surface area contributed by atoms with Crippen LogP contribution in [-0.4, -0.2) is 18.7 Å². The van der Waals surface area contributed by atoms with E-state index in [1.807, 2.05) is 6.29 Å². The van der Waals surface area contributed by atoms with Gasteiger partial charge in [-0.05, 0) is 19.3 Å². The Labute approximate surface area is 86.3 Å². The number of amides is 1. The highest BCUT2D eigenvalue weighted by molar-refractivity contribution is 5.75.